The van der Waals surface area contributed by atoms with Crippen molar-refractivity contribution in [2.24, 2.45) is 0 Å². The fourth-order valence-corrected chi connectivity index (χ4v) is 9.96. The van der Waals surface area contributed by atoms with Gasteiger partial charge in [0.1, 0.15) is 18.2 Å². The summed E-state index contributed by atoms with van der Waals surface area (Å²) in [6.07, 6.45) is 8.13. The molecule has 0 radical (unpaired) electrons. The van der Waals surface area contributed by atoms with Crippen molar-refractivity contribution >= 4 is 15.8 Å². The number of aryl methyl sites for hydroxylation is 2. The van der Waals surface area contributed by atoms with Crippen LogP contribution in [0.4, 0.5) is 5.82 Å². The molecule has 4 heterocycles. The zero-order chi connectivity index (χ0) is 33.0. The molecule has 0 unspecified atom stereocenters. The minimum atomic E-state index is -3.71. The van der Waals surface area contributed by atoms with Gasteiger partial charge in [0.05, 0.1) is 18.0 Å². The molecule has 0 aliphatic carbocycles. The number of benzene rings is 2. The zero-order valence-electron chi connectivity index (χ0n) is 28.4. The van der Waals surface area contributed by atoms with Crippen molar-refractivity contribution in [2.45, 2.75) is 68.8 Å². The van der Waals surface area contributed by atoms with Gasteiger partial charge in [-0.2, -0.15) is 9.29 Å². The molecule has 3 aliphatic heterocycles. The number of ether oxygens (including phenoxy) is 2. The van der Waals surface area contributed by atoms with Crippen molar-refractivity contribution in [1.29, 1.82) is 0 Å². The lowest BCUT2D eigenvalue weighted by Gasteiger charge is -2.48. The highest BCUT2D eigenvalue weighted by Crippen LogP contribution is 2.41. The lowest BCUT2D eigenvalue weighted by atomic mass is 9.79. The number of likely N-dealkylation sites (N-methyl/N-ethyl adjacent to an activating group) is 1. The molecular formula is C36H50N6O4S. The summed E-state index contributed by atoms with van der Waals surface area (Å²) in [6.45, 7) is 10.7. The molecule has 0 bridgehead atoms. The molecule has 3 fully saturated rings. The minimum Gasteiger partial charge on any atom is -0.497 e. The molecule has 0 spiro atoms. The summed E-state index contributed by atoms with van der Waals surface area (Å²) in [4.78, 5) is 16.9. The Bertz CT molecular complexity index is 1580. The Morgan fingerprint density at radius 2 is 1.66 bits per heavy atom. The third kappa shape index (κ3) is 7.13. The quantitative estimate of drug-likeness (QED) is 0.270. The first-order valence-electron chi connectivity index (χ1n) is 17.1. The highest BCUT2D eigenvalue weighted by Gasteiger charge is 2.42. The fraction of sp³-hybridized carbons (Fsp3) is 0.556. The summed E-state index contributed by atoms with van der Waals surface area (Å²) in [5, 5.41) is 0. The lowest BCUT2D eigenvalue weighted by molar-refractivity contribution is 0.0351. The van der Waals surface area contributed by atoms with Gasteiger partial charge in [0.2, 0.25) is 10.0 Å². The third-order valence-electron chi connectivity index (χ3n) is 10.4. The van der Waals surface area contributed by atoms with Crippen LogP contribution in [0.3, 0.4) is 0 Å². The molecule has 3 saturated heterocycles. The van der Waals surface area contributed by atoms with Crippen LogP contribution in [0.5, 0.6) is 11.8 Å². The first-order chi connectivity index (χ1) is 22.7. The van der Waals surface area contributed by atoms with Gasteiger partial charge in [0, 0.05) is 51.5 Å². The summed E-state index contributed by atoms with van der Waals surface area (Å²) < 4.78 is 40.6. The van der Waals surface area contributed by atoms with E-state index in [1.807, 2.05) is 19.9 Å². The summed E-state index contributed by atoms with van der Waals surface area (Å²) in [6, 6.07) is 16.6. The largest absolute Gasteiger partial charge is 0.497 e. The number of methoxy groups -OCH3 is 1. The predicted octanol–water partition coefficient (Wildman–Crippen LogP) is 4.86. The molecule has 11 heteroatoms. The van der Waals surface area contributed by atoms with Crippen LogP contribution in [0.2, 0.25) is 0 Å². The molecule has 47 heavy (non-hydrogen) atoms. The molecule has 1 aromatic heterocycles. The number of piperidine rings is 1. The number of likely N-dealkylation sites (tertiary alicyclic amines) is 2. The van der Waals surface area contributed by atoms with E-state index in [1.165, 1.54) is 31.5 Å². The molecule has 10 nitrogen and oxygen atoms in total. The number of hydrogen-bond donors (Lipinski definition) is 0. The van der Waals surface area contributed by atoms with E-state index in [9.17, 15) is 8.42 Å². The van der Waals surface area contributed by atoms with Crippen LogP contribution >= 0.6 is 0 Å². The van der Waals surface area contributed by atoms with Crippen molar-refractivity contribution in [3.05, 3.63) is 71.4 Å². The van der Waals surface area contributed by atoms with E-state index in [2.05, 4.69) is 57.1 Å². The van der Waals surface area contributed by atoms with E-state index in [4.69, 9.17) is 14.5 Å². The fourth-order valence-electron chi connectivity index (χ4n) is 7.86. The van der Waals surface area contributed by atoms with Crippen LogP contribution < -0.4 is 14.4 Å². The highest BCUT2D eigenvalue weighted by atomic mass is 32.2. The Balaban J connectivity index is 1.04. The Hall–Kier alpha value is -3.25. The van der Waals surface area contributed by atoms with E-state index < -0.39 is 10.0 Å². The van der Waals surface area contributed by atoms with Gasteiger partial charge in [-0.25, -0.2) is 13.4 Å². The Morgan fingerprint density at radius 1 is 0.957 bits per heavy atom. The number of anilines is 1. The van der Waals surface area contributed by atoms with Crippen molar-refractivity contribution in [2.75, 3.05) is 71.5 Å². The van der Waals surface area contributed by atoms with Gasteiger partial charge < -0.3 is 19.3 Å². The number of hydrogen-bond acceptors (Lipinski definition) is 9. The van der Waals surface area contributed by atoms with Gasteiger partial charge in [-0.3, -0.25) is 4.90 Å². The number of sulfonamides is 1. The Kier molecular flexibility index (Phi) is 10.4. The molecule has 1 atom stereocenters. The van der Waals surface area contributed by atoms with Crippen LogP contribution in [0.15, 0.2) is 59.6 Å². The van der Waals surface area contributed by atoms with E-state index in [1.54, 1.807) is 29.7 Å². The minimum absolute atomic E-state index is 0.152. The second-order valence-electron chi connectivity index (χ2n) is 13.4. The van der Waals surface area contributed by atoms with Crippen LogP contribution in [-0.4, -0.2) is 105 Å². The summed E-state index contributed by atoms with van der Waals surface area (Å²) in [5.41, 5.74) is 2.98. The first-order valence-corrected chi connectivity index (χ1v) is 18.5. The van der Waals surface area contributed by atoms with Gasteiger partial charge in [-0.15, -0.1) is 0 Å². The maximum absolute atomic E-state index is 13.8. The molecule has 3 aliphatic rings. The maximum Gasteiger partial charge on any atom is 0.318 e. The molecule has 0 N–H and O–H groups in total. The number of nitrogens with zero attached hydrogens (tertiary/aromatic N) is 6. The maximum atomic E-state index is 13.8. The van der Waals surface area contributed by atoms with Crippen LogP contribution in [0, 0.1) is 13.8 Å². The normalized spacial score (nSPS) is 20.8. The van der Waals surface area contributed by atoms with Crippen LogP contribution in [-0.2, 0) is 15.6 Å². The predicted molar refractivity (Wildman–Crippen MR) is 185 cm³/mol. The molecular weight excluding hydrogens is 613 g/mol. The van der Waals surface area contributed by atoms with Crippen molar-refractivity contribution in [3.63, 3.8) is 0 Å². The molecule has 6 rings (SSSR count). The second-order valence-corrected chi connectivity index (χ2v) is 15.2. The van der Waals surface area contributed by atoms with E-state index in [0.29, 0.717) is 28.3 Å². The number of rotatable bonds is 12. The van der Waals surface area contributed by atoms with E-state index >= 15 is 0 Å². The van der Waals surface area contributed by atoms with Crippen molar-refractivity contribution < 1.29 is 17.9 Å². The third-order valence-corrected chi connectivity index (χ3v) is 12.7. The van der Waals surface area contributed by atoms with Gasteiger partial charge >= 0.3 is 6.01 Å². The summed E-state index contributed by atoms with van der Waals surface area (Å²) in [7, 11) is -0.0622. The van der Waals surface area contributed by atoms with Crippen LogP contribution in [0.25, 0.3) is 0 Å². The number of aromatic nitrogens is 2. The highest BCUT2D eigenvalue weighted by molar-refractivity contribution is 7.89. The summed E-state index contributed by atoms with van der Waals surface area (Å²) >= 11 is 0. The lowest BCUT2D eigenvalue weighted by Crippen LogP contribution is -2.53. The molecule has 254 valence electrons. The zero-order valence-corrected chi connectivity index (χ0v) is 29.2. The van der Waals surface area contributed by atoms with Crippen molar-refractivity contribution in [1.82, 2.24) is 24.1 Å². The smallest absolute Gasteiger partial charge is 0.318 e. The molecule has 0 amide bonds. The second kappa shape index (κ2) is 14.5. The van der Waals surface area contributed by atoms with Gasteiger partial charge in [0.15, 0.2) is 0 Å². The average molecular weight is 663 g/mol. The molecule has 2 aromatic carbocycles. The average Bonchev–Trinajstić information content (AvgIpc) is 3.80. The summed E-state index contributed by atoms with van der Waals surface area (Å²) in [5.74, 6) is 1.45. The SMILES string of the molecule is COc1cc(C)c(S(=O)(=O)N2CCC[C@H]2COc2nccc(N(C)CCN3CCC(c4ccccc4)(N4CCCC4)CC3)n2)c(C)c1. The first kappa shape index (κ1) is 33.6. The Labute approximate surface area is 280 Å². The Morgan fingerprint density at radius 3 is 2.34 bits per heavy atom. The molecule has 0 saturated carbocycles. The van der Waals surface area contributed by atoms with Gasteiger partial charge in [-0.05, 0) is 100 Å². The van der Waals surface area contributed by atoms with Gasteiger partial charge in [0.25, 0.3) is 0 Å². The molecule has 3 aromatic rings. The monoisotopic (exact) mass is 662 g/mol. The van der Waals surface area contributed by atoms with Crippen LogP contribution in [0.1, 0.15) is 55.2 Å². The standard InChI is InChI=1S/C36H50N6O4S/c1-28-25-32(45-4)26-29(2)34(28)47(43,44)42-20-10-13-31(42)27-46-35-37-17-14-33(38-35)39(3)23-24-40-21-15-36(16-22-40,41-18-8-9-19-41)30-11-6-5-7-12-30/h5-7,11-12,14,17,25-26,31H,8-10,13,15-16,18-24,27H2,1-4H3/t31-/m0/s1. The van der Waals surface area contributed by atoms with Crippen molar-refractivity contribution in [3.8, 4) is 11.8 Å². The van der Waals surface area contributed by atoms with E-state index in [0.717, 1.165) is 57.7 Å². The van der Waals surface area contributed by atoms with Gasteiger partial charge in [-0.1, -0.05) is 30.3 Å². The topological polar surface area (TPSA) is 91.3 Å². The van der Waals surface area contributed by atoms with E-state index in [-0.39, 0.29) is 24.2 Å².